The summed E-state index contributed by atoms with van der Waals surface area (Å²) >= 11 is 0. The first-order valence-electron chi connectivity index (χ1n) is 11.2. The Bertz CT molecular complexity index is 979. The van der Waals surface area contributed by atoms with Gasteiger partial charge in [-0.3, -0.25) is 14.4 Å². The maximum Gasteiger partial charge on any atom is 0.303 e. The second kappa shape index (κ2) is 7.25. The van der Waals surface area contributed by atoms with E-state index >= 15 is 13.2 Å². The van der Waals surface area contributed by atoms with E-state index in [1.54, 1.807) is 6.92 Å². The quantitative estimate of drug-likeness (QED) is 0.615. The van der Waals surface area contributed by atoms with Gasteiger partial charge in [0, 0.05) is 23.7 Å². The maximum absolute atomic E-state index is 17.0. The summed E-state index contributed by atoms with van der Waals surface area (Å²) in [6.45, 7) is 4.75. The lowest BCUT2D eigenvalue weighted by molar-refractivity contribution is -0.238. The van der Waals surface area contributed by atoms with Crippen LogP contribution in [-0.2, 0) is 19.1 Å². The normalized spacial score (nSPS) is 50.7. The minimum absolute atomic E-state index is 0.00673. The molecule has 0 amide bonds. The molecule has 0 aliphatic heterocycles. The van der Waals surface area contributed by atoms with Crippen LogP contribution in [0, 0.1) is 28.6 Å². The molecule has 4 aliphatic carbocycles. The lowest BCUT2D eigenvalue weighted by Crippen LogP contribution is -2.73. The number of allylic oxidation sites excluding steroid dienone is 4. The number of ketones is 2. The van der Waals surface area contributed by atoms with Crippen molar-refractivity contribution in [3.8, 4) is 0 Å². The van der Waals surface area contributed by atoms with Crippen molar-refractivity contribution in [1.82, 2.24) is 0 Å². The van der Waals surface area contributed by atoms with E-state index in [2.05, 4.69) is 0 Å². The third-order valence-electron chi connectivity index (χ3n) is 9.06. The number of alkyl halides is 3. The average Bonchev–Trinajstić information content (AvgIpc) is 2.93. The van der Waals surface area contributed by atoms with Gasteiger partial charge in [0.05, 0.1) is 6.10 Å². The van der Waals surface area contributed by atoms with Crippen molar-refractivity contribution >= 4 is 17.5 Å². The predicted molar refractivity (Wildman–Crippen MR) is 110 cm³/mol. The molecule has 4 aliphatic rings. The average molecular weight is 470 g/mol. The number of hydrogen-bond acceptors (Lipinski definition) is 6. The van der Waals surface area contributed by atoms with E-state index in [0.29, 0.717) is 0 Å². The second-order valence-corrected chi connectivity index (χ2v) is 10.5. The van der Waals surface area contributed by atoms with E-state index in [-0.39, 0.29) is 12.0 Å². The molecule has 33 heavy (non-hydrogen) atoms. The van der Waals surface area contributed by atoms with Crippen molar-refractivity contribution in [3.05, 3.63) is 23.8 Å². The van der Waals surface area contributed by atoms with Crippen LogP contribution < -0.4 is 0 Å². The number of ether oxygens (including phenoxy) is 1. The van der Waals surface area contributed by atoms with E-state index in [9.17, 15) is 24.6 Å². The molecule has 0 aromatic rings. The number of rotatable bonds is 3. The second-order valence-electron chi connectivity index (χ2n) is 10.5. The van der Waals surface area contributed by atoms with Gasteiger partial charge in [0.2, 0.25) is 5.78 Å². The number of aliphatic hydroxyl groups is 2. The van der Waals surface area contributed by atoms with Crippen molar-refractivity contribution in [1.29, 1.82) is 0 Å². The summed E-state index contributed by atoms with van der Waals surface area (Å²) < 4.78 is 52.9. The molecule has 182 valence electrons. The number of fused-ring (bicyclic) bond motifs is 5. The van der Waals surface area contributed by atoms with Crippen LogP contribution in [0.25, 0.3) is 0 Å². The van der Waals surface area contributed by atoms with Crippen LogP contribution in [0.4, 0.5) is 13.2 Å². The fourth-order valence-electron chi connectivity index (χ4n) is 7.35. The smallest absolute Gasteiger partial charge is 0.303 e. The van der Waals surface area contributed by atoms with Gasteiger partial charge in [-0.1, -0.05) is 19.9 Å². The first kappa shape index (κ1) is 24.1. The molecule has 10 atom stereocenters. The third kappa shape index (κ3) is 2.78. The number of hydrogen-bond donors (Lipinski definition) is 2. The molecule has 0 aromatic heterocycles. The van der Waals surface area contributed by atoms with E-state index in [0.717, 1.165) is 19.1 Å². The molecule has 4 rings (SSSR count). The van der Waals surface area contributed by atoms with Crippen LogP contribution in [0.3, 0.4) is 0 Å². The predicted octanol–water partition coefficient (Wildman–Crippen LogP) is 2.36. The Kier molecular flexibility index (Phi) is 5.30. The largest absolute Gasteiger partial charge is 0.458 e. The molecule has 3 fully saturated rings. The highest BCUT2D eigenvalue weighted by Crippen LogP contribution is 2.71. The first-order chi connectivity index (χ1) is 15.2. The Balaban J connectivity index is 1.84. The van der Waals surface area contributed by atoms with Crippen molar-refractivity contribution in [3.63, 3.8) is 0 Å². The minimum atomic E-state index is -2.67. The molecule has 0 bridgehead atoms. The van der Waals surface area contributed by atoms with E-state index in [1.807, 2.05) is 0 Å². The Hall–Kier alpha value is -2.00. The lowest BCUT2D eigenvalue weighted by Gasteiger charge is -2.63. The van der Waals surface area contributed by atoms with Gasteiger partial charge < -0.3 is 14.9 Å². The highest BCUT2D eigenvalue weighted by atomic mass is 19.2. The summed E-state index contributed by atoms with van der Waals surface area (Å²) in [5, 5.41) is 22.8. The first-order valence-corrected chi connectivity index (χ1v) is 11.2. The van der Waals surface area contributed by atoms with Gasteiger partial charge in [-0.2, -0.15) is 0 Å². The monoisotopic (exact) mass is 470 g/mol. The summed E-state index contributed by atoms with van der Waals surface area (Å²) in [5.74, 6) is -5.61. The standard InChI is InChI=1S/C24H29F3O6/c1-11-7-14-18-20(26)19(25)15-8-13(29)5-6-21(15,3)23(18,27)16(30)9-22(14,4)24(11,32)17(31)10-33-12(2)28/h5-6,8,11,14,16,18-20,30,32H,7,9-10H2,1-4H3/t11-,14-,16-,18+,19+,20-,21-,22-,23+,24-/m0/s1. The lowest BCUT2D eigenvalue weighted by atomic mass is 9.44. The fourth-order valence-corrected chi connectivity index (χ4v) is 7.35. The van der Waals surface area contributed by atoms with Gasteiger partial charge in [0.1, 0.15) is 11.8 Å². The zero-order valence-electron chi connectivity index (χ0n) is 19.0. The van der Waals surface area contributed by atoms with Gasteiger partial charge in [0.25, 0.3) is 0 Å². The molecule has 0 heterocycles. The summed E-state index contributed by atoms with van der Waals surface area (Å²) in [6, 6.07) is 0. The topological polar surface area (TPSA) is 101 Å². The van der Waals surface area contributed by atoms with Gasteiger partial charge >= 0.3 is 5.97 Å². The molecule has 0 radical (unpaired) electrons. The SMILES string of the molecule is CC(=O)OCC(=O)[C@@]1(O)[C@@H](C)C[C@H]2[C@@H]3[C@H](F)[C@H](F)C4=CC(=O)C=C[C@]4(C)[C@@]3(F)[C@@H](O)C[C@@]21C. The van der Waals surface area contributed by atoms with Crippen LogP contribution in [0.2, 0.25) is 0 Å². The highest BCUT2D eigenvalue weighted by Gasteiger charge is 2.78. The molecule has 6 nitrogen and oxygen atoms in total. The fraction of sp³-hybridized carbons (Fsp3) is 0.708. The minimum Gasteiger partial charge on any atom is -0.458 e. The van der Waals surface area contributed by atoms with Crippen LogP contribution in [0.1, 0.15) is 40.5 Å². The summed E-state index contributed by atoms with van der Waals surface area (Å²) in [6.07, 6.45) is -3.76. The Morgan fingerprint density at radius 1 is 1.27 bits per heavy atom. The van der Waals surface area contributed by atoms with Gasteiger partial charge in [0.15, 0.2) is 24.2 Å². The molecule has 0 spiro atoms. The number of Topliss-reactive ketones (excluding diaryl/α,β-unsaturated/α-hetero) is 1. The summed E-state index contributed by atoms with van der Waals surface area (Å²) in [4.78, 5) is 36.1. The number of halogens is 3. The molecule has 3 saturated carbocycles. The van der Waals surface area contributed by atoms with E-state index < -0.39 is 88.9 Å². The zero-order chi connectivity index (χ0) is 24.7. The van der Waals surface area contributed by atoms with Gasteiger partial charge in [-0.25, -0.2) is 13.2 Å². The molecule has 0 unspecified atom stereocenters. The molecule has 0 aromatic carbocycles. The van der Waals surface area contributed by atoms with Gasteiger partial charge in [-0.15, -0.1) is 0 Å². The van der Waals surface area contributed by atoms with Crippen LogP contribution in [0.5, 0.6) is 0 Å². The van der Waals surface area contributed by atoms with Crippen molar-refractivity contribution in [2.75, 3.05) is 6.61 Å². The molecule has 2 N–H and O–H groups in total. The van der Waals surface area contributed by atoms with Crippen molar-refractivity contribution < 1.29 is 42.5 Å². The molecule has 9 heteroatoms. The summed E-state index contributed by atoms with van der Waals surface area (Å²) in [5.41, 5.74) is -8.45. The molecule has 0 saturated heterocycles. The highest BCUT2D eigenvalue weighted by molar-refractivity contribution is 6.01. The van der Waals surface area contributed by atoms with Crippen LogP contribution in [-0.4, -0.2) is 64.1 Å². The van der Waals surface area contributed by atoms with Crippen molar-refractivity contribution in [2.24, 2.45) is 28.6 Å². The number of carbonyl (C=O) groups excluding carboxylic acids is 3. The van der Waals surface area contributed by atoms with E-state index in [1.165, 1.54) is 19.9 Å². The Morgan fingerprint density at radius 2 is 1.91 bits per heavy atom. The zero-order valence-corrected chi connectivity index (χ0v) is 19.0. The number of carbonyl (C=O) groups is 3. The van der Waals surface area contributed by atoms with Crippen LogP contribution >= 0.6 is 0 Å². The van der Waals surface area contributed by atoms with E-state index in [4.69, 9.17) is 4.74 Å². The maximum atomic E-state index is 17.0. The summed E-state index contributed by atoms with van der Waals surface area (Å²) in [7, 11) is 0. The molecular formula is C24H29F3O6. The number of aliphatic hydroxyl groups excluding tert-OH is 1. The molecular weight excluding hydrogens is 441 g/mol. The Labute approximate surface area is 189 Å². The van der Waals surface area contributed by atoms with Gasteiger partial charge in [-0.05, 0) is 49.3 Å². The Morgan fingerprint density at radius 3 is 2.52 bits per heavy atom. The van der Waals surface area contributed by atoms with Crippen LogP contribution in [0.15, 0.2) is 23.8 Å². The number of esters is 1. The third-order valence-corrected chi connectivity index (χ3v) is 9.06. The van der Waals surface area contributed by atoms with Crippen molar-refractivity contribution in [2.45, 2.75) is 70.3 Å².